The Kier molecular flexibility index (Phi) is 6.65. The van der Waals surface area contributed by atoms with Gasteiger partial charge in [-0.15, -0.1) is 0 Å². The molecule has 0 bridgehead atoms. The van der Waals surface area contributed by atoms with E-state index in [-0.39, 0.29) is 29.0 Å². The molecule has 0 radical (unpaired) electrons. The number of aryl methyl sites for hydroxylation is 1. The number of anilines is 1. The van der Waals surface area contributed by atoms with Gasteiger partial charge >= 0.3 is 12.1 Å². The summed E-state index contributed by atoms with van der Waals surface area (Å²) in [6.45, 7) is 5.25. The lowest BCUT2D eigenvalue weighted by molar-refractivity contribution is -0.119. The van der Waals surface area contributed by atoms with Gasteiger partial charge in [0.15, 0.2) is 0 Å². The third-order valence-corrected chi connectivity index (χ3v) is 6.73. The minimum atomic E-state index is -1.17. The first-order chi connectivity index (χ1) is 16.3. The van der Waals surface area contributed by atoms with E-state index in [1.165, 1.54) is 0 Å². The lowest BCUT2D eigenvalue weighted by Gasteiger charge is -2.22. The Morgan fingerprint density at radius 1 is 1.06 bits per heavy atom. The van der Waals surface area contributed by atoms with E-state index in [0.717, 1.165) is 33.8 Å². The summed E-state index contributed by atoms with van der Waals surface area (Å²) in [5.41, 5.74) is 4.70. The standard InChI is InChI=1S/C25H25N3O5S/c1-13(2)21(22(29)27-23-20(24(30)31)14(3)28-34-23)26-25(32)33-12-19-17-10-6-4-8-15(17)16-9-5-7-11-18(16)19/h4-11,13,19,21H,12H2,1-3H3,(H,26,32)(H,27,29)(H,30,31). The van der Waals surface area contributed by atoms with Gasteiger partial charge in [-0.1, -0.05) is 62.4 Å². The number of carboxylic acid groups (broad SMARTS) is 1. The maximum atomic E-state index is 12.9. The fourth-order valence-electron chi connectivity index (χ4n) is 4.20. The fourth-order valence-corrected chi connectivity index (χ4v) is 4.99. The van der Waals surface area contributed by atoms with Crippen LogP contribution in [0.1, 0.15) is 46.9 Å². The van der Waals surface area contributed by atoms with Crippen molar-refractivity contribution in [2.75, 3.05) is 11.9 Å². The number of carbonyl (C=O) groups is 3. The lowest BCUT2D eigenvalue weighted by Crippen LogP contribution is -2.47. The van der Waals surface area contributed by atoms with Gasteiger partial charge in [0.05, 0.1) is 5.69 Å². The van der Waals surface area contributed by atoms with Crippen molar-refractivity contribution in [2.24, 2.45) is 5.92 Å². The van der Waals surface area contributed by atoms with Crippen LogP contribution in [0, 0.1) is 12.8 Å². The number of amides is 2. The molecule has 1 aliphatic carbocycles. The van der Waals surface area contributed by atoms with Crippen molar-refractivity contribution in [2.45, 2.75) is 32.7 Å². The number of nitrogens with one attached hydrogen (secondary N) is 2. The average Bonchev–Trinajstić information content (AvgIpc) is 3.33. The molecule has 1 atom stereocenters. The molecular weight excluding hydrogens is 454 g/mol. The fraction of sp³-hybridized carbons (Fsp3) is 0.280. The Bertz CT molecular complexity index is 1210. The maximum Gasteiger partial charge on any atom is 0.407 e. The third-order valence-electron chi connectivity index (χ3n) is 5.88. The summed E-state index contributed by atoms with van der Waals surface area (Å²) >= 11 is 0.888. The summed E-state index contributed by atoms with van der Waals surface area (Å²) < 4.78 is 9.55. The van der Waals surface area contributed by atoms with Crippen LogP contribution in [-0.2, 0) is 9.53 Å². The Hall–Kier alpha value is -3.72. The zero-order valence-electron chi connectivity index (χ0n) is 19.0. The number of carboxylic acids is 1. The van der Waals surface area contributed by atoms with Crippen LogP contribution in [0.5, 0.6) is 0 Å². The molecule has 9 heteroatoms. The van der Waals surface area contributed by atoms with E-state index in [1.807, 2.05) is 36.4 Å². The predicted octanol–water partition coefficient (Wildman–Crippen LogP) is 4.65. The van der Waals surface area contributed by atoms with Crippen molar-refractivity contribution in [1.29, 1.82) is 0 Å². The van der Waals surface area contributed by atoms with Gasteiger partial charge in [0.1, 0.15) is 23.2 Å². The van der Waals surface area contributed by atoms with Gasteiger partial charge in [0.25, 0.3) is 0 Å². The Labute approximate surface area is 201 Å². The van der Waals surface area contributed by atoms with Crippen molar-refractivity contribution in [3.63, 3.8) is 0 Å². The molecule has 1 unspecified atom stereocenters. The summed E-state index contributed by atoms with van der Waals surface area (Å²) in [5.74, 6) is -2.06. The van der Waals surface area contributed by atoms with E-state index in [2.05, 4.69) is 27.1 Å². The molecule has 2 aromatic carbocycles. The number of aromatic carboxylic acids is 1. The van der Waals surface area contributed by atoms with E-state index < -0.39 is 24.0 Å². The first-order valence-corrected chi connectivity index (χ1v) is 11.7. The quantitative estimate of drug-likeness (QED) is 0.454. The number of carbonyl (C=O) groups excluding carboxylic acids is 2. The highest BCUT2D eigenvalue weighted by atomic mass is 32.1. The summed E-state index contributed by atoms with van der Waals surface area (Å²) in [7, 11) is 0. The number of alkyl carbamates (subject to hydrolysis) is 1. The SMILES string of the molecule is Cc1nsc(NC(=O)C(NC(=O)OCC2c3ccccc3-c3ccccc32)C(C)C)c1C(=O)O. The monoisotopic (exact) mass is 479 g/mol. The molecule has 0 aliphatic heterocycles. The van der Waals surface area contributed by atoms with Gasteiger partial charge in [0.2, 0.25) is 5.91 Å². The lowest BCUT2D eigenvalue weighted by atomic mass is 9.98. The van der Waals surface area contributed by atoms with Crippen molar-refractivity contribution >= 4 is 34.5 Å². The molecule has 1 aliphatic rings. The number of hydrogen-bond donors (Lipinski definition) is 3. The zero-order valence-corrected chi connectivity index (χ0v) is 19.8. The summed E-state index contributed by atoms with van der Waals surface area (Å²) in [6, 6.07) is 15.1. The van der Waals surface area contributed by atoms with Crippen molar-refractivity contribution in [3.8, 4) is 11.1 Å². The number of rotatable bonds is 7. The highest BCUT2D eigenvalue weighted by Gasteiger charge is 2.31. The minimum absolute atomic E-state index is 0.0537. The molecule has 4 rings (SSSR count). The Morgan fingerprint density at radius 3 is 2.21 bits per heavy atom. The number of fused-ring (bicyclic) bond motifs is 3. The molecule has 0 fully saturated rings. The van der Waals surface area contributed by atoms with E-state index in [4.69, 9.17) is 4.74 Å². The molecule has 0 saturated carbocycles. The van der Waals surface area contributed by atoms with E-state index in [1.54, 1.807) is 20.8 Å². The molecule has 0 spiro atoms. The van der Waals surface area contributed by atoms with Gasteiger partial charge in [-0.25, -0.2) is 9.59 Å². The maximum absolute atomic E-state index is 12.9. The largest absolute Gasteiger partial charge is 0.478 e. The normalized spacial score (nSPS) is 13.2. The second-order valence-corrected chi connectivity index (χ2v) is 9.23. The van der Waals surface area contributed by atoms with Crippen LogP contribution >= 0.6 is 11.5 Å². The molecular formula is C25H25N3O5S. The summed E-state index contributed by atoms with van der Waals surface area (Å²) in [6.07, 6.45) is -0.713. The predicted molar refractivity (Wildman–Crippen MR) is 129 cm³/mol. The summed E-state index contributed by atoms with van der Waals surface area (Å²) in [4.78, 5) is 37.0. The van der Waals surface area contributed by atoms with Crippen LogP contribution in [0.4, 0.5) is 9.80 Å². The Morgan fingerprint density at radius 2 is 1.65 bits per heavy atom. The second kappa shape index (κ2) is 9.64. The third kappa shape index (κ3) is 4.51. The van der Waals surface area contributed by atoms with Crippen LogP contribution < -0.4 is 10.6 Å². The number of benzene rings is 2. The summed E-state index contributed by atoms with van der Waals surface area (Å²) in [5, 5.41) is 14.7. The number of nitrogens with zero attached hydrogens (tertiary/aromatic N) is 1. The molecule has 176 valence electrons. The molecule has 2 amide bonds. The van der Waals surface area contributed by atoms with Crippen molar-refractivity contribution in [3.05, 3.63) is 70.9 Å². The molecule has 34 heavy (non-hydrogen) atoms. The highest BCUT2D eigenvalue weighted by molar-refractivity contribution is 7.11. The van der Waals surface area contributed by atoms with Crippen LogP contribution in [0.15, 0.2) is 48.5 Å². The minimum Gasteiger partial charge on any atom is -0.478 e. The van der Waals surface area contributed by atoms with Crippen LogP contribution in [0.3, 0.4) is 0 Å². The first-order valence-electron chi connectivity index (χ1n) is 10.9. The molecule has 3 aromatic rings. The smallest absolute Gasteiger partial charge is 0.407 e. The number of hydrogen-bond acceptors (Lipinski definition) is 6. The highest BCUT2D eigenvalue weighted by Crippen LogP contribution is 2.44. The van der Waals surface area contributed by atoms with Gasteiger partial charge in [0, 0.05) is 5.92 Å². The Balaban J connectivity index is 1.43. The van der Waals surface area contributed by atoms with Crippen molar-refractivity contribution < 1.29 is 24.2 Å². The molecule has 3 N–H and O–H groups in total. The molecule has 0 saturated heterocycles. The van der Waals surface area contributed by atoms with Crippen LogP contribution in [0.2, 0.25) is 0 Å². The van der Waals surface area contributed by atoms with Crippen LogP contribution in [-0.4, -0.2) is 40.1 Å². The number of aromatic nitrogens is 1. The van der Waals surface area contributed by atoms with Gasteiger partial charge < -0.3 is 20.5 Å². The van der Waals surface area contributed by atoms with E-state index >= 15 is 0 Å². The molecule has 1 aromatic heterocycles. The topological polar surface area (TPSA) is 118 Å². The second-order valence-electron chi connectivity index (χ2n) is 8.46. The number of ether oxygens (including phenoxy) is 1. The van der Waals surface area contributed by atoms with Gasteiger partial charge in [-0.2, -0.15) is 4.37 Å². The van der Waals surface area contributed by atoms with Crippen molar-refractivity contribution in [1.82, 2.24) is 9.69 Å². The average molecular weight is 480 g/mol. The zero-order chi connectivity index (χ0) is 24.4. The van der Waals surface area contributed by atoms with Gasteiger partial charge in [-0.3, -0.25) is 4.79 Å². The van der Waals surface area contributed by atoms with E-state index in [0.29, 0.717) is 5.69 Å². The first kappa shape index (κ1) is 23.4. The molecule has 8 nitrogen and oxygen atoms in total. The van der Waals surface area contributed by atoms with E-state index in [9.17, 15) is 19.5 Å². The van der Waals surface area contributed by atoms with Crippen LogP contribution in [0.25, 0.3) is 11.1 Å². The molecule has 1 heterocycles. The van der Waals surface area contributed by atoms with Gasteiger partial charge in [-0.05, 0) is 46.6 Å².